The molecule has 0 radical (unpaired) electrons. The standard InChI is InChI=1S/C26H27N3O3S3/c30-35(31,28-15-17-32-18-16-28)23-12-10-22(11-13-23)27-26-29(14-4-8-21-6-2-1-3-7-21)24(20-34-26)25-9-5-19-33-25/h1-3,5-7,9-13,19-20H,4,8,14-18H2. The van der Waals surface area contributed by atoms with Gasteiger partial charge < -0.3 is 9.30 Å². The maximum atomic E-state index is 12.9. The molecule has 2 aromatic heterocycles. The van der Waals surface area contributed by atoms with Crippen molar-refractivity contribution in [2.24, 2.45) is 4.99 Å². The summed E-state index contributed by atoms with van der Waals surface area (Å²) in [5, 5.41) is 4.25. The Morgan fingerprint density at radius 2 is 1.69 bits per heavy atom. The fourth-order valence-corrected chi connectivity index (χ4v) is 7.26. The predicted molar refractivity (Wildman–Crippen MR) is 142 cm³/mol. The molecule has 9 heteroatoms. The topological polar surface area (TPSA) is 63.9 Å². The molecule has 0 bridgehead atoms. The van der Waals surface area contributed by atoms with Crippen LogP contribution in [0, 0.1) is 0 Å². The highest BCUT2D eigenvalue weighted by molar-refractivity contribution is 7.89. The number of aromatic nitrogens is 1. The van der Waals surface area contributed by atoms with Gasteiger partial charge in [0.25, 0.3) is 0 Å². The predicted octanol–water partition coefficient (Wildman–Crippen LogP) is 5.16. The highest BCUT2D eigenvalue weighted by atomic mass is 32.2. The Labute approximate surface area is 213 Å². The van der Waals surface area contributed by atoms with Crippen LogP contribution in [0.3, 0.4) is 0 Å². The van der Waals surface area contributed by atoms with Gasteiger partial charge in [-0.2, -0.15) is 4.31 Å². The Bertz CT molecular complexity index is 1400. The van der Waals surface area contributed by atoms with E-state index in [1.54, 1.807) is 46.9 Å². The molecule has 35 heavy (non-hydrogen) atoms. The minimum absolute atomic E-state index is 0.291. The highest BCUT2D eigenvalue weighted by Gasteiger charge is 2.26. The minimum Gasteiger partial charge on any atom is -0.379 e. The van der Waals surface area contributed by atoms with Crippen LogP contribution in [-0.4, -0.2) is 43.6 Å². The van der Waals surface area contributed by atoms with E-state index >= 15 is 0 Å². The number of hydrogen-bond acceptors (Lipinski definition) is 6. The smallest absolute Gasteiger partial charge is 0.243 e. The Kier molecular flexibility index (Phi) is 7.60. The molecule has 3 heterocycles. The zero-order chi connectivity index (χ0) is 24.1. The number of ether oxygens (including phenoxy) is 1. The van der Waals surface area contributed by atoms with E-state index in [4.69, 9.17) is 9.73 Å². The Balaban J connectivity index is 1.40. The van der Waals surface area contributed by atoms with Crippen LogP contribution in [-0.2, 0) is 27.7 Å². The second-order valence-corrected chi connectivity index (χ2v) is 12.0. The third kappa shape index (κ3) is 5.65. The number of thiophene rings is 1. The second-order valence-electron chi connectivity index (χ2n) is 8.24. The third-order valence-electron chi connectivity index (χ3n) is 5.93. The van der Waals surface area contributed by atoms with Gasteiger partial charge in [-0.25, -0.2) is 13.4 Å². The summed E-state index contributed by atoms with van der Waals surface area (Å²) < 4.78 is 34.9. The summed E-state index contributed by atoms with van der Waals surface area (Å²) >= 11 is 3.33. The SMILES string of the molecule is O=S(=O)(c1ccc(N=c2scc(-c3cccs3)n2CCCc2ccccc2)cc1)N1CCOCC1. The van der Waals surface area contributed by atoms with Crippen LogP contribution in [0.1, 0.15) is 12.0 Å². The molecule has 0 N–H and O–H groups in total. The molecule has 0 unspecified atom stereocenters. The van der Waals surface area contributed by atoms with E-state index in [-0.39, 0.29) is 0 Å². The van der Waals surface area contributed by atoms with E-state index in [1.807, 2.05) is 6.07 Å². The molecule has 1 aliphatic heterocycles. The van der Waals surface area contributed by atoms with E-state index in [9.17, 15) is 8.42 Å². The Morgan fingerprint density at radius 3 is 2.40 bits per heavy atom. The van der Waals surface area contributed by atoms with Crippen molar-refractivity contribution in [1.29, 1.82) is 0 Å². The summed E-state index contributed by atoms with van der Waals surface area (Å²) in [6, 6.07) is 21.6. The molecule has 0 spiro atoms. The number of aryl methyl sites for hydroxylation is 1. The minimum atomic E-state index is -3.51. The van der Waals surface area contributed by atoms with Crippen LogP contribution in [0.4, 0.5) is 5.69 Å². The molecule has 0 aliphatic carbocycles. The van der Waals surface area contributed by atoms with E-state index < -0.39 is 10.0 Å². The van der Waals surface area contributed by atoms with Crippen LogP contribution in [0.15, 0.2) is 87.4 Å². The van der Waals surface area contributed by atoms with Crippen LogP contribution in [0.2, 0.25) is 0 Å². The number of sulfonamides is 1. The number of rotatable bonds is 8. The van der Waals surface area contributed by atoms with Crippen molar-refractivity contribution in [3.05, 3.63) is 87.9 Å². The summed E-state index contributed by atoms with van der Waals surface area (Å²) in [4.78, 5) is 7.31. The van der Waals surface area contributed by atoms with Gasteiger partial charge in [0.15, 0.2) is 4.80 Å². The van der Waals surface area contributed by atoms with Gasteiger partial charge in [-0.1, -0.05) is 36.4 Å². The van der Waals surface area contributed by atoms with Crippen molar-refractivity contribution in [3.63, 3.8) is 0 Å². The molecule has 1 saturated heterocycles. The zero-order valence-electron chi connectivity index (χ0n) is 19.2. The van der Waals surface area contributed by atoms with Crippen molar-refractivity contribution in [3.8, 4) is 10.6 Å². The van der Waals surface area contributed by atoms with E-state index in [1.165, 1.54) is 20.4 Å². The lowest BCUT2D eigenvalue weighted by Gasteiger charge is -2.26. The quantitative estimate of drug-likeness (QED) is 0.319. The van der Waals surface area contributed by atoms with Gasteiger partial charge in [-0.05, 0) is 54.1 Å². The van der Waals surface area contributed by atoms with Gasteiger partial charge in [0.05, 0.1) is 34.4 Å². The van der Waals surface area contributed by atoms with Crippen LogP contribution in [0.5, 0.6) is 0 Å². The molecule has 5 rings (SSSR count). The van der Waals surface area contributed by atoms with Gasteiger partial charge in [-0.3, -0.25) is 0 Å². The molecule has 1 fully saturated rings. The average molecular weight is 526 g/mol. The number of morpholine rings is 1. The zero-order valence-corrected chi connectivity index (χ0v) is 21.7. The molecule has 1 aliphatic rings. The normalized spacial score (nSPS) is 15.5. The summed E-state index contributed by atoms with van der Waals surface area (Å²) in [7, 11) is -3.51. The Hall–Kier alpha value is -2.56. The first-order chi connectivity index (χ1) is 17.1. The maximum Gasteiger partial charge on any atom is 0.243 e. The van der Waals surface area contributed by atoms with Crippen molar-refractivity contribution in [2.45, 2.75) is 24.3 Å². The maximum absolute atomic E-state index is 12.9. The first-order valence-corrected chi connectivity index (χ1v) is 14.8. The summed E-state index contributed by atoms with van der Waals surface area (Å²) in [5.74, 6) is 0. The van der Waals surface area contributed by atoms with Crippen molar-refractivity contribution < 1.29 is 13.2 Å². The molecule has 182 valence electrons. The number of hydrogen-bond donors (Lipinski definition) is 0. The largest absolute Gasteiger partial charge is 0.379 e. The summed E-state index contributed by atoms with van der Waals surface area (Å²) in [6.07, 6.45) is 2.00. The lowest BCUT2D eigenvalue weighted by molar-refractivity contribution is 0.0730. The van der Waals surface area contributed by atoms with Crippen molar-refractivity contribution in [1.82, 2.24) is 8.87 Å². The molecule has 2 aromatic carbocycles. The number of benzene rings is 2. The van der Waals surface area contributed by atoms with E-state index in [0.29, 0.717) is 31.2 Å². The number of nitrogens with zero attached hydrogens (tertiary/aromatic N) is 3. The monoisotopic (exact) mass is 525 g/mol. The Morgan fingerprint density at radius 1 is 0.914 bits per heavy atom. The molecular weight excluding hydrogens is 499 g/mol. The van der Waals surface area contributed by atoms with E-state index in [0.717, 1.165) is 29.9 Å². The third-order valence-corrected chi connectivity index (χ3v) is 9.60. The van der Waals surface area contributed by atoms with Gasteiger partial charge in [0, 0.05) is 25.0 Å². The van der Waals surface area contributed by atoms with Crippen molar-refractivity contribution >= 4 is 38.4 Å². The lowest BCUT2D eigenvalue weighted by Crippen LogP contribution is -2.40. The number of thiazole rings is 1. The van der Waals surface area contributed by atoms with Gasteiger partial charge in [-0.15, -0.1) is 22.7 Å². The van der Waals surface area contributed by atoms with Crippen LogP contribution < -0.4 is 4.80 Å². The van der Waals surface area contributed by atoms with Gasteiger partial charge in [0.1, 0.15) is 0 Å². The van der Waals surface area contributed by atoms with Gasteiger partial charge >= 0.3 is 0 Å². The highest BCUT2D eigenvalue weighted by Crippen LogP contribution is 2.26. The summed E-state index contributed by atoms with van der Waals surface area (Å²) in [5.41, 5.74) is 3.24. The molecule has 0 amide bonds. The fourth-order valence-electron chi connectivity index (χ4n) is 4.08. The second kappa shape index (κ2) is 11.0. The van der Waals surface area contributed by atoms with Gasteiger partial charge in [0.2, 0.25) is 10.0 Å². The fraction of sp³-hybridized carbons (Fsp3) is 0.269. The van der Waals surface area contributed by atoms with Crippen molar-refractivity contribution in [2.75, 3.05) is 26.3 Å². The average Bonchev–Trinajstić information content (AvgIpc) is 3.56. The molecular formula is C26H27N3O3S3. The molecule has 0 saturated carbocycles. The van der Waals surface area contributed by atoms with Crippen LogP contribution >= 0.6 is 22.7 Å². The van der Waals surface area contributed by atoms with Crippen LogP contribution in [0.25, 0.3) is 10.6 Å². The lowest BCUT2D eigenvalue weighted by atomic mass is 10.1. The first kappa shape index (κ1) is 24.1. The molecule has 4 aromatic rings. The van der Waals surface area contributed by atoms with E-state index in [2.05, 4.69) is 51.7 Å². The molecule has 6 nitrogen and oxygen atoms in total. The first-order valence-electron chi connectivity index (χ1n) is 11.6. The summed E-state index contributed by atoms with van der Waals surface area (Å²) in [6.45, 7) is 2.49. The molecule has 0 atom stereocenters.